The summed E-state index contributed by atoms with van der Waals surface area (Å²) in [5.41, 5.74) is 2.28. The molecule has 0 unspecified atom stereocenters. The third-order valence-electron chi connectivity index (χ3n) is 6.30. The number of ketones is 1. The Morgan fingerprint density at radius 3 is 2.64 bits per heavy atom. The summed E-state index contributed by atoms with van der Waals surface area (Å²) >= 11 is 0. The lowest BCUT2D eigenvalue weighted by Gasteiger charge is -2.32. The Labute approximate surface area is 191 Å². The van der Waals surface area contributed by atoms with Gasteiger partial charge in [-0.1, -0.05) is 23.8 Å². The molecule has 1 aliphatic heterocycles. The number of methoxy groups -OCH3 is 1. The molecule has 1 aliphatic carbocycles. The van der Waals surface area contributed by atoms with Crippen molar-refractivity contribution in [3.63, 3.8) is 0 Å². The Kier molecular flexibility index (Phi) is 6.59. The first-order valence-corrected chi connectivity index (χ1v) is 11.0. The molecule has 1 saturated heterocycles. The highest BCUT2D eigenvalue weighted by Gasteiger charge is 2.28. The van der Waals surface area contributed by atoms with E-state index in [9.17, 15) is 14.4 Å². The van der Waals surface area contributed by atoms with Gasteiger partial charge < -0.3 is 19.4 Å². The van der Waals surface area contributed by atoms with E-state index in [-0.39, 0.29) is 11.5 Å². The van der Waals surface area contributed by atoms with Gasteiger partial charge in [0.15, 0.2) is 0 Å². The van der Waals surface area contributed by atoms with Crippen LogP contribution in [0.5, 0.6) is 5.75 Å². The standard InChI is InChI=1S/C25H25N3O5/c1-32-22-13-21-18(20(14-27-21)23(29)25(31)33-15-26)12-19(22)24(30)28-9-7-17(8-10-28)11-16-5-3-2-4-6-16/h3,5-6,12-14,17,27H,2,4,7-11H2,1H3. The second-order valence-electron chi connectivity index (χ2n) is 8.31. The van der Waals surface area contributed by atoms with Gasteiger partial charge in [0.05, 0.1) is 18.2 Å². The molecule has 8 nitrogen and oxygen atoms in total. The summed E-state index contributed by atoms with van der Waals surface area (Å²) in [6, 6.07) is 3.19. The summed E-state index contributed by atoms with van der Waals surface area (Å²) in [5.74, 6) is -1.48. The molecule has 2 aromatic rings. The Balaban J connectivity index is 1.52. The molecule has 1 N–H and O–H groups in total. The van der Waals surface area contributed by atoms with E-state index in [2.05, 4.69) is 27.9 Å². The summed E-state index contributed by atoms with van der Waals surface area (Å²) in [6.07, 6.45) is 14.4. The van der Waals surface area contributed by atoms with Crippen molar-refractivity contribution in [2.75, 3.05) is 20.2 Å². The lowest BCUT2D eigenvalue weighted by atomic mass is 9.88. The number of fused-ring (bicyclic) bond motifs is 1. The summed E-state index contributed by atoms with van der Waals surface area (Å²) < 4.78 is 9.59. The van der Waals surface area contributed by atoms with Crippen LogP contribution in [-0.4, -0.2) is 47.7 Å². The van der Waals surface area contributed by atoms with Crippen molar-refractivity contribution in [2.24, 2.45) is 5.92 Å². The van der Waals surface area contributed by atoms with Gasteiger partial charge in [0.2, 0.25) is 0 Å². The number of carbonyl (C=O) groups excluding carboxylic acids is 3. The molecule has 1 aromatic carbocycles. The first-order valence-electron chi connectivity index (χ1n) is 11.0. The average Bonchev–Trinajstić information content (AvgIpc) is 3.26. The molecule has 1 fully saturated rings. The van der Waals surface area contributed by atoms with E-state index in [4.69, 9.17) is 10.00 Å². The molecule has 33 heavy (non-hydrogen) atoms. The number of nitrogens with zero attached hydrogens (tertiary/aromatic N) is 2. The average molecular weight is 447 g/mol. The van der Waals surface area contributed by atoms with Gasteiger partial charge in [0.1, 0.15) is 5.75 Å². The second kappa shape index (κ2) is 9.74. The van der Waals surface area contributed by atoms with E-state index < -0.39 is 11.8 Å². The first-order chi connectivity index (χ1) is 16.0. The zero-order chi connectivity index (χ0) is 23.4. The van der Waals surface area contributed by atoms with Crippen molar-refractivity contribution in [1.29, 1.82) is 5.26 Å². The molecule has 170 valence electrons. The topological polar surface area (TPSA) is 112 Å². The zero-order valence-electron chi connectivity index (χ0n) is 18.4. The molecule has 1 aromatic heterocycles. The van der Waals surface area contributed by atoms with Crippen molar-refractivity contribution in [2.45, 2.75) is 32.1 Å². The van der Waals surface area contributed by atoms with Crippen LogP contribution in [0, 0.1) is 17.4 Å². The van der Waals surface area contributed by atoms with Gasteiger partial charge in [-0.25, -0.2) is 4.79 Å². The van der Waals surface area contributed by atoms with E-state index in [0.29, 0.717) is 41.2 Å². The smallest absolute Gasteiger partial charge is 0.395 e. The SMILES string of the molecule is COc1cc2[nH]cc(C(=O)C(=O)OC#N)c2cc1C(=O)N1CCC(CC2=CCCC=C2)CC1. The lowest BCUT2D eigenvalue weighted by Crippen LogP contribution is -2.38. The number of likely N-dealkylation sites (tertiary alicyclic amines) is 1. The van der Waals surface area contributed by atoms with Gasteiger partial charge >= 0.3 is 5.97 Å². The van der Waals surface area contributed by atoms with Crippen molar-refractivity contribution in [3.05, 3.63) is 53.3 Å². The van der Waals surface area contributed by atoms with Gasteiger partial charge in [0, 0.05) is 36.3 Å². The fraction of sp³-hybridized carbons (Fsp3) is 0.360. The molecule has 0 radical (unpaired) electrons. The maximum Gasteiger partial charge on any atom is 0.395 e. The summed E-state index contributed by atoms with van der Waals surface area (Å²) in [4.78, 5) is 42.2. The largest absolute Gasteiger partial charge is 0.496 e. The fourth-order valence-corrected chi connectivity index (χ4v) is 4.53. The minimum atomic E-state index is -1.27. The van der Waals surface area contributed by atoms with Crippen LogP contribution in [0.15, 0.2) is 42.1 Å². The molecule has 4 rings (SSSR count). The van der Waals surface area contributed by atoms with Crippen LogP contribution in [0.3, 0.4) is 0 Å². The maximum absolute atomic E-state index is 13.4. The normalized spacial score (nSPS) is 16.2. The number of benzene rings is 1. The number of hydrogen-bond acceptors (Lipinski definition) is 6. The number of esters is 1. The predicted octanol–water partition coefficient (Wildman–Crippen LogP) is 3.90. The summed E-state index contributed by atoms with van der Waals surface area (Å²) in [6.45, 7) is 1.30. The molecular weight excluding hydrogens is 422 g/mol. The third kappa shape index (κ3) is 4.67. The van der Waals surface area contributed by atoms with Crippen molar-refractivity contribution >= 4 is 28.6 Å². The molecule has 0 saturated carbocycles. The van der Waals surface area contributed by atoms with E-state index in [1.165, 1.54) is 25.1 Å². The number of allylic oxidation sites excluding steroid dienone is 4. The molecule has 0 bridgehead atoms. The second-order valence-corrected chi connectivity index (χ2v) is 8.31. The van der Waals surface area contributed by atoms with Gasteiger partial charge in [-0.15, -0.1) is 5.26 Å². The minimum absolute atomic E-state index is 0.0365. The number of aromatic nitrogens is 1. The number of carbonyl (C=O) groups is 3. The number of nitriles is 1. The highest BCUT2D eigenvalue weighted by atomic mass is 16.5. The number of hydrogen-bond donors (Lipinski definition) is 1. The molecule has 0 spiro atoms. The number of nitrogens with one attached hydrogen (secondary N) is 1. The van der Waals surface area contributed by atoms with Gasteiger partial charge in [0.25, 0.3) is 17.9 Å². The van der Waals surface area contributed by atoms with Crippen LogP contribution in [0.25, 0.3) is 10.9 Å². The van der Waals surface area contributed by atoms with Crippen LogP contribution in [0.4, 0.5) is 0 Å². The number of ether oxygens (including phenoxy) is 2. The highest BCUT2D eigenvalue weighted by Crippen LogP contribution is 2.32. The Hall–Kier alpha value is -3.86. The highest BCUT2D eigenvalue weighted by molar-refractivity contribution is 6.43. The van der Waals surface area contributed by atoms with E-state index in [1.54, 1.807) is 12.1 Å². The zero-order valence-corrected chi connectivity index (χ0v) is 18.4. The van der Waals surface area contributed by atoms with E-state index >= 15 is 0 Å². The Bertz CT molecular complexity index is 1190. The fourth-order valence-electron chi connectivity index (χ4n) is 4.53. The molecule has 8 heteroatoms. The van der Waals surface area contributed by atoms with Gasteiger partial charge in [-0.2, -0.15) is 0 Å². The molecular formula is C25H25N3O5. The monoisotopic (exact) mass is 447 g/mol. The lowest BCUT2D eigenvalue weighted by molar-refractivity contribution is -0.131. The molecule has 2 aliphatic rings. The van der Waals surface area contributed by atoms with Crippen LogP contribution in [0.2, 0.25) is 0 Å². The number of rotatable bonds is 6. The summed E-state index contributed by atoms with van der Waals surface area (Å²) in [5, 5.41) is 8.90. The van der Waals surface area contributed by atoms with Crippen LogP contribution >= 0.6 is 0 Å². The number of aromatic amines is 1. The number of piperidine rings is 1. The van der Waals surface area contributed by atoms with E-state index in [0.717, 1.165) is 32.1 Å². The maximum atomic E-state index is 13.4. The minimum Gasteiger partial charge on any atom is -0.496 e. The molecule has 1 amide bonds. The van der Waals surface area contributed by atoms with Gasteiger partial charge in [-0.05, 0) is 44.1 Å². The van der Waals surface area contributed by atoms with Crippen molar-refractivity contribution < 1.29 is 23.9 Å². The van der Waals surface area contributed by atoms with E-state index in [1.807, 2.05) is 4.90 Å². The summed E-state index contributed by atoms with van der Waals surface area (Å²) in [7, 11) is 1.48. The number of amides is 1. The Morgan fingerprint density at radius 2 is 1.97 bits per heavy atom. The van der Waals surface area contributed by atoms with Crippen LogP contribution in [-0.2, 0) is 9.53 Å². The predicted molar refractivity (Wildman–Crippen MR) is 121 cm³/mol. The number of H-pyrrole nitrogens is 1. The Morgan fingerprint density at radius 1 is 1.18 bits per heavy atom. The first kappa shape index (κ1) is 22.3. The van der Waals surface area contributed by atoms with Crippen LogP contribution in [0.1, 0.15) is 52.8 Å². The number of Topliss-reactive ketones (excluding diaryl/α,β-unsaturated/α-hetero) is 1. The molecule has 2 heterocycles. The third-order valence-corrected chi connectivity index (χ3v) is 6.30. The van der Waals surface area contributed by atoms with Crippen molar-refractivity contribution in [1.82, 2.24) is 9.88 Å². The quantitative estimate of drug-likeness (QED) is 0.311. The van der Waals surface area contributed by atoms with Crippen LogP contribution < -0.4 is 4.74 Å². The van der Waals surface area contributed by atoms with Crippen molar-refractivity contribution in [3.8, 4) is 12.0 Å². The van der Waals surface area contributed by atoms with Gasteiger partial charge in [-0.3, -0.25) is 9.59 Å². The molecule has 0 atom stereocenters.